The van der Waals surface area contributed by atoms with Crippen molar-refractivity contribution in [2.45, 2.75) is 32.0 Å². The number of hydrogen-bond donors (Lipinski definition) is 3. The van der Waals surface area contributed by atoms with Crippen LogP contribution in [-0.4, -0.2) is 51.7 Å². The first-order chi connectivity index (χ1) is 14.4. The van der Waals surface area contributed by atoms with Crippen LogP contribution in [0.5, 0.6) is 0 Å². The Morgan fingerprint density at radius 2 is 1.71 bits per heavy atom. The molecule has 1 fully saturated rings. The van der Waals surface area contributed by atoms with Crippen LogP contribution in [0.15, 0.2) is 59.6 Å². The summed E-state index contributed by atoms with van der Waals surface area (Å²) < 4.78 is 25.7. The molecular formula is C22H32IN5O2S. The fourth-order valence-electron chi connectivity index (χ4n) is 3.62. The Kier molecular flexibility index (Phi) is 10.0. The smallest absolute Gasteiger partial charge is 0.229 e. The Morgan fingerprint density at radius 3 is 2.35 bits per heavy atom. The Morgan fingerprint density at radius 1 is 1.06 bits per heavy atom. The van der Waals surface area contributed by atoms with Gasteiger partial charge in [-0.05, 0) is 30.0 Å². The van der Waals surface area contributed by atoms with Crippen LogP contribution in [0.25, 0.3) is 0 Å². The van der Waals surface area contributed by atoms with E-state index < -0.39 is 10.0 Å². The van der Waals surface area contributed by atoms with Gasteiger partial charge in [-0.25, -0.2) is 8.42 Å². The van der Waals surface area contributed by atoms with Crippen molar-refractivity contribution in [3.8, 4) is 0 Å². The molecule has 0 atom stereocenters. The van der Waals surface area contributed by atoms with Crippen LogP contribution in [0, 0.1) is 0 Å². The lowest BCUT2D eigenvalue weighted by atomic mass is 10.0. The number of benzene rings is 2. The molecular weight excluding hydrogens is 525 g/mol. The largest absolute Gasteiger partial charge is 0.354 e. The van der Waals surface area contributed by atoms with E-state index in [1.165, 1.54) is 5.56 Å². The Bertz CT molecular complexity index is 945. The minimum Gasteiger partial charge on any atom is -0.354 e. The van der Waals surface area contributed by atoms with Gasteiger partial charge >= 0.3 is 0 Å². The van der Waals surface area contributed by atoms with Crippen molar-refractivity contribution in [3.63, 3.8) is 0 Å². The second kappa shape index (κ2) is 12.3. The van der Waals surface area contributed by atoms with Crippen molar-refractivity contribution in [3.05, 3.63) is 65.7 Å². The van der Waals surface area contributed by atoms with E-state index in [0.717, 1.165) is 50.3 Å². The minimum absolute atomic E-state index is 0. The number of anilines is 1. The van der Waals surface area contributed by atoms with Crippen LogP contribution >= 0.6 is 24.0 Å². The molecule has 0 radical (unpaired) electrons. The summed E-state index contributed by atoms with van der Waals surface area (Å²) >= 11 is 0. The lowest BCUT2D eigenvalue weighted by molar-refractivity contribution is 0.198. The first-order valence-corrected chi connectivity index (χ1v) is 12.1. The normalized spacial score (nSPS) is 15.7. The van der Waals surface area contributed by atoms with E-state index in [4.69, 9.17) is 0 Å². The zero-order chi connectivity index (χ0) is 21.4. The van der Waals surface area contributed by atoms with Crippen LogP contribution in [0.3, 0.4) is 0 Å². The number of likely N-dealkylation sites (tertiary alicyclic amines) is 1. The highest BCUT2D eigenvalue weighted by atomic mass is 127. The SMILES string of the molecule is CN=C(NCc1ccccc1NS(C)(=O)=O)NC1CCN(Cc2ccccc2)CC1.I. The summed E-state index contributed by atoms with van der Waals surface area (Å²) in [5, 5.41) is 6.80. The van der Waals surface area contributed by atoms with E-state index in [-0.39, 0.29) is 24.0 Å². The molecule has 0 unspecified atom stereocenters. The fourth-order valence-corrected chi connectivity index (χ4v) is 4.22. The zero-order valence-corrected chi connectivity index (χ0v) is 21.2. The number of guanidine groups is 1. The van der Waals surface area contributed by atoms with E-state index in [1.807, 2.05) is 24.3 Å². The summed E-state index contributed by atoms with van der Waals surface area (Å²) in [6.45, 7) is 3.56. The van der Waals surface area contributed by atoms with Crippen molar-refractivity contribution in [1.82, 2.24) is 15.5 Å². The highest BCUT2D eigenvalue weighted by molar-refractivity contribution is 14.0. The standard InChI is InChI=1S/C22H31N5O2S.HI/c1-23-22(24-16-19-10-6-7-11-21(19)26-30(2,28)29)25-20-12-14-27(15-13-20)17-18-8-4-3-5-9-18;/h3-11,20,26H,12-17H2,1-2H3,(H2,23,24,25);1H. The number of nitrogens with zero attached hydrogens (tertiary/aromatic N) is 2. The van der Waals surface area contributed by atoms with Crippen molar-refractivity contribution >= 4 is 45.6 Å². The lowest BCUT2D eigenvalue weighted by Crippen LogP contribution is -2.48. The number of aliphatic imine (C=N–C) groups is 1. The van der Waals surface area contributed by atoms with Crippen molar-refractivity contribution in [1.29, 1.82) is 0 Å². The van der Waals surface area contributed by atoms with Crippen LogP contribution in [-0.2, 0) is 23.1 Å². The molecule has 7 nitrogen and oxygen atoms in total. The summed E-state index contributed by atoms with van der Waals surface area (Å²) in [5.74, 6) is 0.727. The molecule has 2 aromatic rings. The minimum atomic E-state index is -3.32. The van der Waals surface area contributed by atoms with Gasteiger partial charge in [0.2, 0.25) is 10.0 Å². The maximum atomic E-state index is 11.6. The maximum absolute atomic E-state index is 11.6. The van der Waals surface area contributed by atoms with Crippen LogP contribution in [0.2, 0.25) is 0 Å². The summed E-state index contributed by atoms with van der Waals surface area (Å²) in [6, 6.07) is 18.3. The average Bonchev–Trinajstić information content (AvgIpc) is 2.73. The second-order valence-electron chi connectivity index (χ2n) is 7.64. The number of halogens is 1. The molecule has 3 N–H and O–H groups in total. The van der Waals surface area contributed by atoms with Gasteiger partial charge in [0, 0.05) is 39.3 Å². The van der Waals surface area contributed by atoms with Crippen molar-refractivity contribution < 1.29 is 8.42 Å². The van der Waals surface area contributed by atoms with E-state index in [0.29, 0.717) is 18.3 Å². The second-order valence-corrected chi connectivity index (χ2v) is 9.39. The average molecular weight is 558 g/mol. The molecule has 0 amide bonds. The lowest BCUT2D eigenvalue weighted by Gasteiger charge is -2.33. The molecule has 0 aliphatic carbocycles. The molecule has 0 saturated carbocycles. The van der Waals surface area contributed by atoms with E-state index in [9.17, 15) is 8.42 Å². The summed E-state index contributed by atoms with van der Waals surface area (Å²) in [4.78, 5) is 6.81. The Labute approximate surface area is 202 Å². The van der Waals surface area contributed by atoms with Crippen LogP contribution in [0.1, 0.15) is 24.0 Å². The van der Waals surface area contributed by atoms with Gasteiger partial charge in [-0.1, -0.05) is 48.5 Å². The third-order valence-electron chi connectivity index (χ3n) is 5.16. The molecule has 0 spiro atoms. The molecule has 3 rings (SSSR count). The predicted octanol–water partition coefficient (Wildman–Crippen LogP) is 3.01. The number of nitrogens with one attached hydrogen (secondary N) is 3. The van der Waals surface area contributed by atoms with Gasteiger partial charge < -0.3 is 10.6 Å². The van der Waals surface area contributed by atoms with Gasteiger partial charge in [-0.3, -0.25) is 14.6 Å². The number of hydrogen-bond acceptors (Lipinski definition) is 4. The molecule has 1 saturated heterocycles. The van der Waals surface area contributed by atoms with E-state index in [1.54, 1.807) is 13.1 Å². The van der Waals surface area contributed by atoms with Gasteiger partial charge in [0.05, 0.1) is 11.9 Å². The van der Waals surface area contributed by atoms with Gasteiger partial charge in [-0.15, -0.1) is 24.0 Å². The number of piperidine rings is 1. The third-order valence-corrected chi connectivity index (χ3v) is 5.75. The Hall–Kier alpha value is -1.85. The van der Waals surface area contributed by atoms with Crippen molar-refractivity contribution in [2.24, 2.45) is 4.99 Å². The molecule has 1 heterocycles. The quantitative estimate of drug-likeness (QED) is 0.277. The molecule has 1 aliphatic heterocycles. The summed E-state index contributed by atoms with van der Waals surface area (Å²) in [5.41, 5.74) is 2.79. The summed E-state index contributed by atoms with van der Waals surface area (Å²) in [6.07, 6.45) is 3.27. The summed E-state index contributed by atoms with van der Waals surface area (Å²) in [7, 11) is -1.57. The van der Waals surface area contributed by atoms with Crippen LogP contribution < -0.4 is 15.4 Å². The highest BCUT2D eigenvalue weighted by Crippen LogP contribution is 2.16. The number of para-hydroxylation sites is 1. The monoisotopic (exact) mass is 557 g/mol. The topological polar surface area (TPSA) is 85.8 Å². The van der Waals surface area contributed by atoms with Crippen LogP contribution in [0.4, 0.5) is 5.69 Å². The zero-order valence-electron chi connectivity index (χ0n) is 18.0. The van der Waals surface area contributed by atoms with Crippen molar-refractivity contribution in [2.75, 3.05) is 31.1 Å². The van der Waals surface area contributed by atoms with Gasteiger partial charge in [0.1, 0.15) is 0 Å². The predicted molar refractivity (Wildman–Crippen MR) is 138 cm³/mol. The molecule has 0 bridgehead atoms. The molecule has 31 heavy (non-hydrogen) atoms. The molecule has 9 heteroatoms. The first-order valence-electron chi connectivity index (χ1n) is 10.2. The first kappa shape index (κ1) is 25.4. The molecule has 1 aliphatic rings. The number of rotatable bonds is 7. The maximum Gasteiger partial charge on any atom is 0.229 e. The molecule has 0 aromatic heterocycles. The Balaban J connectivity index is 0.00000341. The van der Waals surface area contributed by atoms with Gasteiger partial charge in [0.25, 0.3) is 0 Å². The van der Waals surface area contributed by atoms with E-state index >= 15 is 0 Å². The highest BCUT2D eigenvalue weighted by Gasteiger charge is 2.20. The molecule has 170 valence electrons. The van der Waals surface area contributed by atoms with E-state index in [2.05, 4.69) is 49.5 Å². The van der Waals surface area contributed by atoms with Gasteiger partial charge in [-0.2, -0.15) is 0 Å². The number of sulfonamides is 1. The molecule has 2 aromatic carbocycles. The van der Waals surface area contributed by atoms with Gasteiger partial charge in [0.15, 0.2) is 5.96 Å². The third kappa shape index (κ3) is 8.66. The fraction of sp³-hybridized carbons (Fsp3) is 0.409.